The Balaban J connectivity index is 1.77. The number of anilines is 1. The normalized spacial score (nSPS) is 29.4. The number of amides is 1. The van der Waals surface area contributed by atoms with Crippen LogP contribution >= 0.6 is 15.9 Å². The Morgan fingerprint density at radius 3 is 2.55 bits per heavy atom. The van der Waals surface area contributed by atoms with Gasteiger partial charge in [-0.1, -0.05) is 15.9 Å². The number of halogens is 1. The lowest BCUT2D eigenvalue weighted by Gasteiger charge is -2.28. The van der Waals surface area contributed by atoms with Crippen LogP contribution in [-0.4, -0.2) is 24.5 Å². The number of carbonyl (C=O) groups is 2. The number of fused-ring (bicyclic) bond motifs is 2. The quantitative estimate of drug-likeness (QED) is 0.636. The van der Waals surface area contributed by atoms with Gasteiger partial charge in [0.05, 0.1) is 18.1 Å². The van der Waals surface area contributed by atoms with Crippen LogP contribution in [0.4, 0.5) is 5.69 Å². The van der Waals surface area contributed by atoms with Crippen molar-refractivity contribution in [1.29, 1.82) is 0 Å². The standard InChI is InChI=1S/C16H19BrN2O3/c1-22-14(21)15-4-6-16(9-15,7-5-15)19-13(20)11-3-2-10(17)8-12(11)18/h2-3,8H,4-7,9,18H2,1H3,(H,19,20). The minimum Gasteiger partial charge on any atom is -0.469 e. The van der Waals surface area contributed by atoms with Gasteiger partial charge in [-0.05, 0) is 50.3 Å². The van der Waals surface area contributed by atoms with Gasteiger partial charge < -0.3 is 15.8 Å². The van der Waals surface area contributed by atoms with E-state index in [4.69, 9.17) is 10.5 Å². The number of hydrogen-bond donors (Lipinski definition) is 2. The summed E-state index contributed by atoms with van der Waals surface area (Å²) in [6.45, 7) is 0. The van der Waals surface area contributed by atoms with Crippen LogP contribution < -0.4 is 11.1 Å². The molecule has 0 aromatic heterocycles. The number of methoxy groups -OCH3 is 1. The van der Waals surface area contributed by atoms with E-state index in [1.807, 2.05) is 0 Å². The molecule has 2 fully saturated rings. The minimum atomic E-state index is -0.409. The lowest BCUT2D eigenvalue weighted by atomic mass is 9.84. The molecule has 1 aromatic rings. The number of hydrogen-bond acceptors (Lipinski definition) is 4. The topological polar surface area (TPSA) is 81.4 Å². The fourth-order valence-electron chi connectivity index (χ4n) is 3.92. The number of esters is 1. The van der Waals surface area contributed by atoms with Crippen LogP contribution in [0.15, 0.2) is 22.7 Å². The number of rotatable bonds is 3. The van der Waals surface area contributed by atoms with Gasteiger partial charge in [-0.25, -0.2) is 0 Å². The molecule has 2 aliphatic rings. The molecule has 6 heteroatoms. The van der Waals surface area contributed by atoms with E-state index in [2.05, 4.69) is 21.2 Å². The molecule has 0 unspecified atom stereocenters. The van der Waals surface area contributed by atoms with Crippen molar-refractivity contribution in [3.63, 3.8) is 0 Å². The third-order valence-corrected chi connectivity index (χ3v) is 5.59. The number of nitrogens with two attached hydrogens (primary N) is 1. The van der Waals surface area contributed by atoms with Crippen molar-refractivity contribution in [3.05, 3.63) is 28.2 Å². The van der Waals surface area contributed by atoms with Crippen LogP contribution in [0.5, 0.6) is 0 Å². The van der Waals surface area contributed by atoms with Gasteiger partial charge in [-0.3, -0.25) is 9.59 Å². The number of benzene rings is 1. The van der Waals surface area contributed by atoms with Crippen LogP contribution in [0.3, 0.4) is 0 Å². The first-order valence-electron chi connectivity index (χ1n) is 7.36. The van der Waals surface area contributed by atoms with Crippen molar-refractivity contribution in [3.8, 4) is 0 Å². The molecule has 3 N–H and O–H groups in total. The van der Waals surface area contributed by atoms with Crippen molar-refractivity contribution in [2.75, 3.05) is 12.8 Å². The Morgan fingerprint density at radius 2 is 1.95 bits per heavy atom. The third kappa shape index (κ3) is 2.39. The maximum absolute atomic E-state index is 12.5. The van der Waals surface area contributed by atoms with Crippen molar-refractivity contribution in [1.82, 2.24) is 5.32 Å². The smallest absolute Gasteiger partial charge is 0.311 e. The van der Waals surface area contributed by atoms with Crippen LogP contribution in [0.1, 0.15) is 42.5 Å². The Bertz CT molecular complexity index is 636. The third-order valence-electron chi connectivity index (χ3n) is 5.10. The summed E-state index contributed by atoms with van der Waals surface area (Å²) in [7, 11) is 1.43. The molecule has 22 heavy (non-hydrogen) atoms. The SMILES string of the molecule is COC(=O)C12CCC(NC(=O)c3ccc(Br)cc3N)(CC1)C2. The average molecular weight is 367 g/mol. The summed E-state index contributed by atoms with van der Waals surface area (Å²) in [5.74, 6) is -0.322. The van der Waals surface area contributed by atoms with Gasteiger partial charge in [-0.2, -0.15) is 0 Å². The van der Waals surface area contributed by atoms with Gasteiger partial charge in [-0.15, -0.1) is 0 Å². The second kappa shape index (κ2) is 5.26. The zero-order valence-corrected chi connectivity index (χ0v) is 14.0. The van der Waals surface area contributed by atoms with E-state index < -0.39 is 5.41 Å². The fourth-order valence-corrected chi connectivity index (χ4v) is 4.30. The Kier molecular flexibility index (Phi) is 3.67. The maximum Gasteiger partial charge on any atom is 0.311 e. The van der Waals surface area contributed by atoms with E-state index in [9.17, 15) is 9.59 Å². The first kappa shape index (κ1) is 15.3. The van der Waals surface area contributed by atoms with Crippen LogP contribution in [-0.2, 0) is 9.53 Å². The predicted octanol–water partition coefficient (Wildman–Crippen LogP) is 2.64. The monoisotopic (exact) mass is 366 g/mol. The molecule has 118 valence electrons. The van der Waals surface area contributed by atoms with E-state index in [0.717, 1.165) is 30.2 Å². The molecule has 2 aliphatic carbocycles. The summed E-state index contributed by atoms with van der Waals surface area (Å²) in [6.07, 6.45) is 3.83. The summed E-state index contributed by atoms with van der Waals surface area (Å²) in [5, 5.41) is 3.12. The summed E-state index contributed by atoms with van der Waals surface area (Å²) >= 11 is 3.33. The molecular formula is C16H19BrN2O3. The first-order valence-corrected chi connectivity index (χ1v) is 8.15. The minimum absolute atomic E-state index is 0.149. The molecule has 0 atom stereocenters. The van der Waals surface area contributed by atoms with Crippen LogP contribution in [0, 0.1) is 5.41 Å². The van der Waals surface area contributed by atoms with E-state index in [0.29, 0.717) is 17.7 Å². The number of nitrogens with one attached hydrogen (secondary N) is 1. The molecular weight excluding hydrogens is 348 g/mol. The van der Waals surface area contributed by atoms with E-state index in [-0.39, 0.29) is 17.4 Å². The Hall–Kier alpha value is -1.56. The number of nitrogen functional groups attached to an aromatic ring is 1. The van der Waals surface area contributed by atoms with Gasteiger partial charge in [0.2, 0.25) is 0 Å². The summed E-state index contributed by atoms with van der Waals surface area (Å²) in [5.41, 5.74) is 6.13. The Morgan fingerprint density at radius 1 is 1.27 bits per heavy atom. The van der Waals surface area contributed by atoms with Gasteiger partial charge >= 0.3 is 5.97 Å². The molecule has 1 amide bonds. The van der Waals surface area contributed by atoms with Crippen molar-refractivity contribution >= 4 is 33.5 Å². The number of ether oxygens (including phenoxy) is 1. The van der Waals surface area contributed by atoms with Gasteiger partial charge in [0.1, 0.15) is 0 Å². The zero-order valence-electron chi connectivity index (χ0n) is 12.4. The summed E-state index contributed by atoms with van der Waals surface area (Å²) in [6, 6.07) is 5.22. The van der Waals surface area contributed by atoms with Crippen LogP contribution in [0.2, 0.25) is 0 Å². The Labute approximate surface area is 137 Å². The molecule has 0 spiro atoms. The molecule has 0 radical (unpaired) electrons. The summed E-state index contributed by atoms with van der Waals surface area (Å²) < 4.78 is 5.78. The summed E-state index contributed by atoms with van der Waals surface area (Å²) in [4.78, 5) is 24.6. The largest absolute Gasteiger partial charge is 0.469 e. The maximum atomic E-state index is 12.5. The van der Waals surface area contributed by atoms with Crippen molar-refractivity contribution in [2.45, 2.75) is 37.6 Å². The van der Waals surface area contributed by atoms with Crippen molar-refractivity contribution in [2.24, 2.45) is 5.41 Å². The van der Waals surface area contributed by atoms with Crippen molar-refractivity contribution < 1.29 is 14.3 Å². The molecule has 0 saturated heterocycles. The lowest BCUT2D eigenvalue weighted by Crippen LogP contribution is -2.45. The zero-order chi connectivity index (χ0) is 16.0. The predicted molar refractivity (Wildman–Crippen MR) is 86.3 cm³/mol. The molecule has 0 heterocycles. The van der Waals surface area contributed by atoms with Gasteiger partial charge in [0.25, 0.3) is 5.91 Å². The highest BCUT2D eigenvalue weighted by atomic mass is 79.9. The molecule has 2 saturated carbocycles. The highest BCUT2D eigenvalue weighted by Crippen LogP contribution is 2.57. The molecule has 5 nitrogen and oxygen atoms in total. The number of carbonyl (C=O) groups excluding carboxylic acids is 2. The first-order chi connectivity index (χ1) is 10.4. The lowest BCUT2D eigenvalue weighted by molar-refractivity contribution is -0.152. The fraction of sp³-hybridized carbons (Fsp3) is 0.500. The second-order valence-corrected chi connectivity index (χ2v) is 7.33. The average Bonchev–Trinajstić information content (AvgIpc) is 3.03. The molecule has 2 bridgehead atoms. The molecule has 1 aromatic carbocycles. The van der Waals surface area contributed by atoms with E-state index in [1.165, 1.54) is 7.11 Å². The van der Waals surface area contributed by atoms with Gasteiger partial charge in [0, 0.05) is 15.7 Å². The highest BCUT2D eigenvalue weighted by Gasteiger charge is 2.59. The van der Waals surface area contributed by atoms with Crippen LogP contribution in [0.25, 0.3) is 0 Å². The van der Waals surface area contributed by atoms with Gasteiger partial charge in [0.15, 0.2) is 0 Å². The second-order valence-electron chi connectivity index (χ2n) is 6.41. The molecule has 3 rings (SSSR count). The highest BCUT2D eigenvalue weighted by molar-refractivity contribution is 9.10. The van der Waals surface area contributed by atoms with E-state index in [1.54, 1.807) is 18.2 Å². The molecule has 0 aliphatic heterocycles. The van der Waals surface area contributed by atoms with E-state index >= 15 is 0 Å².